The predicted molar refractivity (Wildman–Crippen MR) is 113 cm³/mol. The predicted octanol–water partition coefficient (Wildman–Crippen LogP) is 2.77. The highest BCUT2D eigenvalue weighted by Gasteiger charge is 2.32. The van der Waals surface area contributed by atoms with Crippen molar-refractivity contribution in [3.63, 3.8) is 0 Å². The molecule has 0 spiro atoms. The third-order valence-electron chi connectivity index (χ3n) is 5.62. The normalized spacial score (nSPS) is 18.4. The molecule has 7 heteroatoms. The molecule has 0 atom stereocenters. The van der Waals surface area contributed by atoms with Crippen LogP contribution in [0, 0.1) is 0 Å². The molecular weight excluding hydrogens is 384 g/mol. The molecular formula is C23H26N2O5. The Balaban J connectivity index is 1.65. The summed E-state index contributed by atoms with van der Waals surface area (Å²) in [6.45, 7) is 4.27. The van der Waals surface area contributed by atoms with Crippen LogP contribution in [0.1, 0.15) is 21.5 Å². The highest BCUT2D eigenvalue weighted by atomic mass is 16.5. The van der Waals surface area contributed by atoms with E-state index >= 15 is 0 Å². The number of Topliss-reactive ketones (excluding diaryl/α,β-unsaturated/α-hetero) is 1. The molecule has 2 aliphatic rings. The first-order chi connectivity index (χ1) is 14.5. The summed E-state index contributed by atoms with van der Waals surface area (Å²) in [4.78, 5) is 17.5. The number of phenolic OH excluding ortho intramolecular Hbond substituents is 1. The number of allylic oxidation sites excluding steroid dienone is 1. The van der Waals surface area contributed by atoms with Crippen molar-refractivity contribution in [2.24, 2.45) is 0 Å². The van der Waals surface area contributed by atoms with Crippen LogP contribution < -0.4 is 14.2 Å². The fourth-order valence-corrected chi connectivity index (χ4v) is 3.77. The number of piperazine rings is 1. The Morgan fingerprint density at radius 2 is 1.87 bits per heavy atom. The number of benzene rings is 2. The summed E-state index contributed by atoms with van der Waals surface area (Å²) in [6.07, 6.45) is 1.65. The van der Waals surface area contributed by atoms with E-state index in [0.717, 1.165) is 26.2 Å². The number of fused-ring (bicyclic) bond motifs is 1. The second-order valence-corrected chi connectivity index (χ2v) is 7.57. The SMILES string of the molecule is COc1ccc(OC)c(/C=C2\Oc3c(ccc(O)c3CN3CCN(C)CC3)C2=O)c1. The molecule has 158 valence electrons. The number of hydrogen-bond acceptors (Lipinski definition) is 7. The fourth-order valence-electron chi connectivity index (χ4n) is 3.77. The minimum atomic E-state index is -0.213. The van der Waals surface area contributed by atoms with Crippen LogP contribution >= 0.6 is 0 Å². The van der Waals surface area contributed by atoms with E-state index < -0.39 is 0 Å². The zero-order chi connectivity index (χ0) is 21.3. The zero-order valence-electron chi connectivity index (χ0n) is 17.5. The maximum Gasteiger partial charge on any atom is 0.231 e. The molecule has 1 saturated heterocycles. The van der Waals surface area contributed by atoms with Gasteiger partial charge in [-0.15, -0.1) is 0 Å². The average Bonchev–Trinajstić information content (AvgIpc) is 3.07. The number of rotatable bonds is 5. The van der Waals surface area contributed by atoms with Crippen LogP contribution in [0.3, 0.4) is 0 Å². The molecule has 0 aromatic heterocycles. The van der Waals surface area contributed by atoms with Crippen LogP contribution in [0.5, 0.6) is 23.0 Å². The zero-order valence-corrected chi connectivity index (χ0v) is 17.5. The molecule has 7 nitrogen and oxygen atoms in total. The molecule has 2 aromatic rings. The Hall–Kier alpha value is -3.03. The first-order valence-corrected chi connectivity index (χ1v) is 9.92. The van der Waals surface area contributed by atoms with Crippen molar-refractivity contribution in [1.82, 2.24) is 9.80 Å². The van der Waals surface area contributed by atoms with Gasteiger partial charge < -0.3 is 24.2 Å². The Kier molecular flexibility index (Phi) is 5.65. The topological polar surface area (TPSA) is 71.5 Å². The lowest BCUT2D eigenvalue weighted by Crippen LogP contribution is -2.43. The first-order valence-electron chi connectivity index (χ1n) is 9.92. The largest absolute Gasteiger partial charge is 0.507 e. The van der Waals surface area contributed by atoms with Crippen molar-refractivity contribution >= 4 is 11.9 Å². The number of likely N-dealkylation sites (N-methyl/N-ethyl adjacent to an activating group) is 1. The van der Waals surface area contributed by atoms with E-state index in [1.54, 1.807) is 50.6 Å². The van der Waals surface area contributed by atoms with Gasteiger partial charge in [0.15, 0.2) is 5.76 Å². The molecule has 1 N–H and O–H groups in total. The number of phenols is 1. The van der Waals surface area contributed by atoms with Gasteiger partial charge in [0.25, 0.3) is 0 Å². The molecule has 4 rings (SSSR count). The van der Waals surface area contributed by atoms with Crippen molar-refractivity contribution in [2.45, 2.75) is 6.54 Å². The Morgan fingerprint density at radius 1 is 1.10 bits per heavy atom. The van der Waals surface area contributed by atoms with Crippen molar-refractivity contribution in [3.8, 4) is 23.0 Å². The summed E-state index contributed by atoms with van der Waals surface area (Å²) < 4.78 is 16.7. The van der Waals surface area contributed by atoms with Gasteiger partial charge in [0.05, 0.1) is 25.3 Å². The third-order valence-corrected chi connectivity index (χ3v) is 5.62. The van der Waals surface area contributed by atoms with E-state index in [1.807, 2.05) is 0 Å². The quantitative estimate of drug-likeness (QED) is 0.760. The number of methoxy groups -OCH3 is 2. The second kappa shape index (κ2) is 8.38. The van der Waals surface area contributed by atoms with Crippen LogP contribution in [0.15, 0.2) is 36.1 Å². The van der Waals surface area contributed by atoms with E-state index in [1.165, 1.54) is 0 Å². The maximum atomic E-state index is 13.0. The van der Waals surface area contributed by atoms with Gasteiger partial charge in [-0.05, 0) is 43.5 Å². The van der Waals surface area contributed by atoms with Gasteiger partial charge in [0.2, 0.25) is 5.78 Å². The standard InChI is InChI=1S/C23H26N2O5/c1-24-8-10-25(11-9-24)14-18-19(26)6-5-17-22(27)21(30-23(17)18)13-15-12-16(28-2)4-7-20(15)29-3/h4-7,12-13,26H,8-11,14H2,1-3H3/b21-13-. The first kappa shape index (κ1) is 20.3. The number of carbonyl (C=O) groups is 1. The number of hydrogen-bond donors (Lipinski definition) is 1. The van der Waals surface area contributed by atoms with Crippen LogP contribution in [-0.2, 0) is 6.54 Å². The van der Waals surface area contributed by atoms with Crippen molar-refractivity contribution in [2.75, 3.05) is 47.4 Å². The van der Waals surface area contributed by atoms with Gasteiger partial charge in [0.1, 0.15) is 23.0 Å². The second-order valence-electron chi connectivity index (χ2n) is 7.57. The lowest BCUT2D eigenvalue weighted by atomic mass is 10.0. The van der Waals surface area contributed by atoms with Gasteiger partial charge in [-0.25, -0.2) is 0 Å². The van der Waals surface area contributed by atoms with Gasteiger partial charge in [-0.2, -0.15) is 0 Å². The minimum Gasteiger partial charge on any atom is -0.507 e. The molecule has 0 aliphatic carbocycles. The number of nitrogens with zero attached hydrogens (tertiary/aromatic N) is 2. The number of ether oxygens (including phenoxy) is 3. The van der Waals surface area contributed by atoms with E-state index in [-0.39, 0.29) is 17.3 Å². The molecule has 2 heterocycles. The lowest BCUT2D eigenvalue weighted by molar-refractivity contribution is 0.101. The average molecular weight is 410 g/mol. The summed E-state index contributed by atoms with van der Waals surface area (Å²) in [5.41, 5.74) is 1.79. The fraction of sp³-hybridized carbons (Fsp3) is 0.348. The highest BCUT2D eigenvalue weighted by molar-refractivity contribution is 6.15. The summed E-state index contributed by atoms with van der Waals surface area (Å²) in [7, 11) is 5.25. The van der Waals surface area contributed by atoms with Crippen molar-refractivity contribution in [1.29, 1.82) is 0 Å². The number of carbonyl (C=O) groups excluding carboxylic acids is 1. The Morgan fingerprint density at radius 3 is 2.57 bits per heavy atom. The van der Waals surface area contributed by atoms with Gasteiger partial charge in [-0.3, -0.25) is 9.69 Å². The van der Waals surface area contributed by atoms with Crippen LogP contribution in [0.25, 0.3) is 6.08 Å². The smallest absolute Gasteiger partial charge is 0.231 e. The molecule has 1 fully saturated rings. The van der Waals surface area contributed by atoms with Gasteiger partial charge in [-0.1, -0.05) is 0 Å². The summed E-state index contributed by atoms with van der Waals surface area (Å²) in [6, 6.07) is 8.54. The third kappa shape index (κ3) is 3.86. The molecule has 0 amide bonds. The van der Waals surface area contributed by atoms with E-state index in [4.69, 9.17) is 14.2 Å². The highest BCUT2D eigenvalue weighted by Crippen LogP contribution is 2.41. The number of ketones is 1. The Bertz CT molecular complexity index is 993. The number of aromatic hydroxyl groups is 1. The van der Waals surface area contributed by atoms with Crippen LogP contribution in [0.2, 0.25) is 0 Å². The van der Waals surface area contributed by atoms with Crippen molar-refractivity contribution in [3.05, 3.63) is 52.8 Å². The van der Waals surface area contributed by atoms with Gasteiger partial charge in [0, 0.05) is 38.3 Å². The van der Waals surface area contributed by atoms with E-state index in [2.05, 4.69) is 16.8 Å². The molecule has 30 heavy (non-hydrogen) atoms. The summed E-state index contributed by atoms with van der Waals surface area (Å²) in [5.74, 6) is 1.82. The van der Waals surface area contributed by atoms with Crippen LogP contribution in [0.4, 0.5) is 0 Å². The lowest BCUT2D eigenvalue weighted by Gasteiger charge is -2.32. The van der Waals surface area contributed by atoms with Crippen molar-refractivity contribution < 1.29 is 24.1 Å². The molecule has 0 saturated carbocycles. The van der Waals surface area contributed by atoms with E-state index in [9.17, 15) is 9.90 Å². The monoisotopic (exact) mass is 410 g/mol. The molecule has 0 unspecified atom stereocenters. The molecule has 0 radical (unpaired) electrons. The molecule has 2 aliphatic heterocycles. The summed E-state index contributed by atoms with van der Waals surface area (Å²) in [5, 5.41) is 10.5. The van der Waals surface area contributed by atoms with Crippen LogP contribution in [-0.4, -0.2) is 68.1 Å². The Labute approximate surface area is 176 Å². The molecule has 2 aromatic carbocycles. The van der Waals surface area contributed by atoms with Gasteiger partial charge >= 0.3 is 0 Å². The summed E-state index contributed by atoms with van der Waals surface area (Å²) >= 11 is 0. The molecule has 0 bridgehead atoms. The minimum absolute atomic E-state index is 0.140. The van der Waals surface area contributed by atoms with E-state index in [0.29, 0.717) is 40.5 Å². The maximum absolute atomic E-state index is 13.0.